The predicted octanol–water partition coefficient (Wildman–Crippen LogP) is 4.61. The van der Waals surface area contributed by atoms with E-state index in [1.54, 1.807) is 0 Å². The second kappa shape index (κ2) is 7.66. The Bertz CT molecular complexity index is 426. The minimum atomic E-state index is 0.539. The van der Waals surface area contributed by atoms with Gasteiger partial charge in [0.1, 0.15) is 0 Å². The second-order valence-electron chi connectivity index (χ2n) is 4.65. The molecule has 0 aliphatic rings. The van der Waals surface area contributed by atoms with Crippen LogP contribution in [0, 0.1) is 17.2 Å². The molecule has 0 saturated carbocycles. The number of rotatable bonds is 6. The van der Waals surface area contributed by atoms with Crippen molar-refractivity contribution in [3.63, 3.8) is 0 Å². The Balaban J connectivity index is 2.99. The normalized spacial score (nSPS) is 10.4. The molecule has 0 aliphatic heterocycles. The van der Waals surface area contributed by atoms with Gasteiger partial charge in [0.05, 0.1) is 12.5 Å². The van der Waals surface area contributed by atoms with Gasteiger partial charge in [-0.05, 0) is 29.7 Å². The average Bonchev–Trinajstić information content (AvgIpc) is 2.34. The standard InChI is InChI=1S/C14H18BrClN2/c1-11(2)10-18(7-3-6-17)14-5-4-13(16)8-12(14)9-15/h4-5,8,11H,3,7,9-10H2,1-2H3. The van der Waals surface area contributed by atoms with Crippen molar-refractivity contribution < 1.29 is 0 Å². The van der Waals surface area contributed by atoms with Gasteiger partial charge >= 0.3 is 0 Å². The molecule has 0 radical (unpaired) electrons. The van der Waals surface area contributed by atoms with E-state index in [1.807, 2.05) is 18.2 Å². The lowest BCUT2D eigenvalue weighted by molar-refractivity contribution is 0.611. The van der Waals surface area contributed by atoms with E-state index >= 15 is 0 Å². The Morgan fingerprint density at radius 3 is 2.72 bits per heavy atom. The van der Waals surface area contributed by atoms with Crippen LogP contribution in [0.1, 0.15) is 25.8 Å². The highest BCUT2D eigenvalue weighted by Gasteiger charge is 2.12. The minimum Gasteiger partial charge on any atom is -0.370 e. The lowest BCUT2D eigenvalue weighted by Gasteiger charge is -2.28. The number of alkyl halides is 1. The molecular formula is C14H18BrClN2. The predicted molar refractivity (Wildman–Crippen MR) is 81.4 cm³/mol. The van der Waals surface area contributed by atoms with E-state index in [4.69, 9.17) is 16.9 Å². The zero-order valence-electron chi connectivity index (χ0n) is 10.8. The maximum Gasteiger partial charge on any atom is 0.0640 e. The molecule has 2 nitrogen and oxygen atoms in total. The van der Waals surface area contributed by atoms with Gasteiger partial charge in [-0.15, -0.1) is 0 Å². The number of benzene rings is 1. The monoisotopic (exact) mass is 328 g/mol. The maximum atomic E-state index is 8.76. The minimum absolute atomic E-state index is 0.539. The topological polar surface area (TPSA) is 27.0 Å². The molecule has 1 aromatic rings. The molecule has 0 unspecified atom stereocenters. The fourth-order valence-electron chi connectivity index (χ4n) is 1.91. The zero-order chi connectivity index (χ0) is 13.5. The molecular weight excluding hydrogens is 312 g/mol. The fraction of sp³-hybridized carbons (Fsp3) is 0.500. The maximum absolute atomic E-state index is 8.76. The van der Waals surface area contributed by atoms with Crippen molar-refractivity contribution in [2.45, 2.75) is 25.6 Å². The van der Waals surface area contributed by atoms with Crippen LogP contribution in [0.2, 0.25) is 5.02 Å². The van der Waals surface area contributed by atoms with Crippen molar-refractivity contribution in [1.82, 2.24) is 0 Å². The first-order chi connectivity index (χ1) is 8.58. The van der Waals surface area contributed by atoms with Crippen molar-refractivity contribution in [2.24, 2.45) is 5.92 Å². The Morgan fingerprint density at radius 2 is 2.17 bits per heavy atom. The molecule has 0 saturated heterocycles. The van der Waals surface area contributed by atoms with E-state index in [9.17, 15) is 0 Å². The first kappa shape index (κ1) is 15.3. The molecule has 0 atom stereocenters. The quantitative estimate of drug-likeness (QED) is 0.713. The summed E-state index contributed by atoms with van der Waals surface area (Å²) in [4.78, 5) is 2.26. The average molecular weight is 330 g/mol. The highest BCUT2D eigenvalue weighted by molar-refractivity contribution is 9.08. The molecule has 0 fully saturated rings. The lowest BCUT2D eigenvalue weighted by Crippen LogP contribution is -2.29. The van der Waals surface area contributed by atoms with E-state index in [2.05, 4.69) is 40.7 Å². The Morgan fingerprint density at radius 1 is 1.44 bits per heavy atom. The molecule has 0 N–H and O–H groups in total. The number of halogens is 2. The van der Waals surface area contributed by atoms with Gasteiger partial charge in [0.2, 0.25) is 0 Å². The highest BCUT2D eigenvalue weighted by Crippen LogP contribution is 2.27. The van der Waals surface area contributed by atoms with E-state index in [-0.39, 0.29) is 0 Å². The number of nitrogens with zero attached hydrogens (tertiary/aromatic N) is 2. The van der Waals surface area contributed by atoms with Gasteiger partial charge in [0, 0.05) is 29.1 Å². The van der Waals surface area contributed by atoms with Crippen molar-refractivity contribution in [3.8, 4) is 6.07 Å². The highest BCUT2D eigenvalue weighted by atomic mass is 79.9. The van der Waals surface area contributed by atoms with Crippen molar-refractivity contribution >= 4 is 33.2 Å². The van der Waals surface area contributed by atoms with Crippen molar-refractivity contribution in [1.29, 1.82) is 5.26 Å². The summed E-state index contributed by atoms with van der Waals surface area (Å²) in [5.74, 6) is 0.558. The van der Waals surface area contributed by atoms with Gasteiger partial charge in [0.15, 0.2) is 0 Å². The number of hydrogen-bond acceptors (Lipinski definition) is 2. The smallest absolute Gasteiger partial charge is 0.0640 e. The third-order valence-corrected chi connectivity index (χ3v) is 3.44. The SMILES string of the molecule is CC(C)CN(CCC#N)c1ccc(Cl)cc1CBr. The van der Waals surface area contributed by atoms with Crippen LogP contribution in [-0.2, 0) is 5.33 Å². The Kier molecular flexibility index (Phi) is 6.52. The third-order valence-electron chi connectivity index (χ3n) is 2.61. The largest absolute Gasteiger partial charge is 0.370 e. The van der Waals surface area contributed by atoms with Crippen LogP contribution in [0.3, 0.4) is 0 Å². The Hall–Kier alpha value is -0.720. The summed E-state index contributed by atoms with van der Waals surface area (Å²) < 4.78 is 0. The second-order valence-corrected chi connectivity index (χ2v) is 5.65. The Labute approximate surface area is 123 Å². The van der Waals surface area contributed by atoms with Crippen molar-refractivity contribution in [3.05, 3.63) is 28.8 Å². The van der Waals surface area contributed by atoms with Gasteiger partial charge in [0.25, 0.3) is 0 Å². The molecule has 0 heterocycles. The van der Waals surface area contributed by atoms with Crippen LogP contribution < -0.4 is 4.90 Å². The summed E-state index contributed by atoms with van der Waals surface area (Å²) in [5.41, 5.74) is 2.33. The van der Waals surface area contributed by atoms with Gasteiger partial charge in [-0.2, -0.15) is 5.26 Å². The molecule has 0 bridgehead atoms. The number of nitriles is 1. The van der Waals surface area contributed by atoms with Crippen LogP contribution >= 0.6 is 27.5 Å². The molecule has 4 heteroatoms. The molecule has 0 amide bonds. The zero-order valence-corrected chi connectivity index (χ0v) is 13.1. The summed E-state index contributed by atoms with van der Waals surface area (Å²) in [6, 6.07) is 8.13. The van der Waals surface area contributed by atoms with Gasteiger partial charge < -0.3 is 4.90 Å². The van der Waals surface area contributed by atoms with Crippen LogP contribution in [0.15, 0.2) is 18.2 Å². The molecule has 98 valence electrons. The van der Waals surface area contributed by atoms with E-state index in [1.165, 1.54) is 11.3 Å². The van der Waals surface area contributed by atoms with Crippen LogP contribution in [0.5, 0.6) is 0 Å². The molecule has 18 heavy (non-hydrogen) atoms. The molecule has 1 rings (SSSR count). The first-order valence-electron chi connectivity index (χ1n) is 6.04. The summed E-state index contributed by atoms with van der Waals surface area (Å²) in [7, 11) is 0. The van der Waals surface area contributed by atoms with E-state index < -0.39 is 0 Å². The summed E-state index contributed by atoms with van der Waals surface area (Å²) >= 11 is 9.51. The lowest BCUT2D eigenvalue weighted by atomic mass is 10.1. The van der Waals surface area contributed by atoms with E-state index in [0.29, 0.717) is 12.3 Å². The van der Waals surface area contributed by atoms with Gasteiger partial charge in [-0.25, -0.2) is 0 Å². The van der Waals surface area contributed by atoms with Gasteiger partial charge in [-0.3, -0.25) is 0 Å². The van der Waals surface area contributed by atoms with Crippen LogP contribution in [0.25, 0.3) is 0 Å². The molecule has 0 spiro atoms. The van der Waals surface area contributed by atoms with Crippen LogP contribution in [-0.4, -0.2) is 13.1 Å². The number of anilines is 1. The van der Waals surface area contributed by atoms with Crippen molar-refractivity contribution in [2.75, 3.05) is 18.0 Å². The summed E-state index contributed by atoms with van der Waals surface area (Å²) in [6.07, 6.45) is 0.539. The summed E-state index contributed by atoms with van der Waals surface area (Å²) in [6.45, 7) is 6.08. The van der Waals surface area contributed by atoms with E-state index in [0.717, 1.165) is 23.4 Å². The first-order valence-corrected chi connectivity index (χ1v) is 7.54. The molecule has 1 aromatic carbocycles. The van der Waals surface area contributed by atoms with Gasteiger partial charge in [-0.1, -0.05) is 41.4 Å². The number of hydrogen-bond donors (Lipinski definition) is 0. The molecule has 0 aliphatic carbocycles. The molecule has 0 aromatic heterocycles. The fourth-order valence-corrected chi connectivity index (χ4v) is 2.55. The third kappa shape index (κ3) is 4.51. The summed E-state index contributed by atoms with van der Waals surface area (Å²) in [5, 5.41) is 10.3. The van der Waals surface area contributed by atoms with Crippen LogP contribution in [0.4, 0.5) is 5.69 Å².